The SMILES string of the molecule is C[NH+](C)C1C=CC(=C2C=CN(Cc3ccc(F)cc3)C=C2)C=C1. The Balaban J connectivity index is 1.66. The Morgan fingerprint density at radius 1 is 0.913 bits per heavy atom. The molecule has 0 saturated heterocycles. The van der Waals surface area contributed by atoms with E-state index in [9.17, 15) is 4.39 Å². The third-order valence-electron chi connectivity index (χ3n) is 4.14. The van der Waals surface area contributed by atoms with E-state index in [-0.39, 0.29) is 5.82 Å². The number of quaternary nitrogens is 1. The monoisotopic (exact) mass is 309 g/mol. The number of rotatable bonds is 3. The molecule has 2 aliphatic rings. The van der Waals surface area contributed by atoms with Gasteiger partial charge in [-0.1, -0.05) is 24.3 Å². The first-order valence-corrected chi connectivity index (χ1v) is 7.89. The van der Waals surface area contributed by atoms with Crippen LogP contribution in [0.15, 0.2) is 84.3 Å². The van der Waals surface area contributed by atoms with Gasteiger partial charge in [-0.15, -0.1) is 0 Å². The van der Waals surface area contributed by atoms with E-state index in [0.29, 0.717) is 6.04 Å². The number of hydrogen-bond acceptors (Lipinski definition) is 1. The zero-order chi connectivity index (χ0) is 16.2. The number of nitrogens with zero attached hydrogens (tertiary/aromatic N) is 1. The molecule has 0 aromatic heterocycles. The lowest BCUT2D eigenvalue weighted by Crippen LogP contribution is -3.09. The topological polar surface area (TPSA) is 7.68 Å². The predicted octanol–water partition coefficient (Wildman–Crippen LogP) is 2.60. The second kappa shape index (κ2) is 6.80. The van der Waals surface area contributed by atoms with Gasteiger partial charge in [0.05, 0.1) is 14.1 Å². The quantitative estimate of drug-likeness (QED) is 0.902. The zero-order valence-corrected chi connectivity index (χ0v) is 13.5. The van der Waals surface area contributed by atoms with Gasteiger partial charge in [-0.3, -0.25) is 0 Å². The summed E-state index contributed by atoms with van der Waals surface area (Å²) in [7, 11) is 4.32. The van der Waals surface area contributed by atoms with Crippen LogP contribution >= 0.6 is 0 Å². The maximum atomic E-state index is 12.9. The van der Waals surface area contributed by atoms with Gasteiger partial charge in [-0.05, 0) is 53.1 Å². The third-order valence-corrected chi connectivity index (χ3v) is 4.14. The molecule has 2 nitrogen and oxygen atoms in total. The standard InChI is InChI=1S/C20H21FN2/c1-22(2)20-9-5-17(6-10-20)18-11-13-23(14-12-18)15-16-3-7-19(21)8-4-16/h3-14,20H,15H2,1-2H3/p+1. The molecular formula is C20H22FN2+. The average Bonchev–Trinajstić information content (AvgIpc) is 2.58. The Morgan fingerprint density at radius 2 is 1.48 bits per heavy atom. The van der Waals surface area contributed by atoms with Crippen molar-refractivity contribution in [1.29, 1.82) is 0 Å². The summed E-state index contributed by atoms with van der Waals surface area (Å²) >= 11 is 0. The number of benzene rings is 1. The first-order valence-electron chi connectivity index (χ1n) is 7.89. The van der Waals surface area contributed by atoms with Gasteiger partial charge in [-0.25, -0.2) is 4.39 Å². The molecule has 118 valence electrons. The summed E-state index contributed by atoms with van der Waals surface area (Å²) in [6.45, 7) is 0.744. The minimum Gasteiger partial charge on any atom is -0.350 e. The van der Waals surface area contributed by atoms with Gasteiger partial charge in [0.25, 0.3) is 0 Å². The molecule has 0 unspecified atom stereocenters. The molecular weight excluding hydrogens is 287 g/mol. The number of allylic oxidation sites excluding steroid dienone is 6. The highest BCUT2D eigenvalue weighted by Gasteiger charge is 2.12. The van der Waals surface area contributed by atoms with E-state index in [1.54, 1.807) is 0 Å². The molecule has 0 atom stereocenters. The molecule has 0 fully saturated rings. The molecule has 1 N–H and O–H groups in total. The van der Waals surface area contributed by atoms with Crippen LogP contribution in [0.5, 0.6) is 0 Å². The van der Waals surface area contributed by atoms with Crippen molar-refractivity contribution in [2.75, 3.05) is 14.1 Å². The Morgan fingerprint density at radius 3 is 2.04 bits per heavy atom. The van der Waals surface area contributed by atoms with E-state index < -0.39 is 0 Å². The van der Waals surface area contributed by atoms with Gasteiger partial charge in [0.15, 0.2) is 0 Å². The van der Waals surface area contributed by atoms with Crippen molar-refractivity contribution >= 4 is 0 Å². The highest BCUT2D eigenvalue weighted by atomic mass is 19.1. The van der Waals surface area contributed by atoms with Crippen LogP contribution in [0, 0.1) is 5.82 Å². The van der Waals surface area contributed by atoms with Gasteiger partial charge < -0.3 is 9.80 Å². The van der Waals surface area contributed by atoms with E-state index >= 15 is 0 Å². The van der Waals surface area contributed by atoms with Crippen LogP contribution in [0.4, 0.5) is 4.39 Å². The smallest absolute Gasteiger partial charge is 0.125 e. The number of halogens is 1. The van der Waals surface area contributed by atoms with Crippen molar-refractivity contribution in [2.24, 2.45) is 0 Å². The maximum Gasteiger partial charge on any atom is 0.125 e. The largest absolute Gasteiger partial charge is 0.350 e. The Kier molecular flexibility index (Phi) is 4.58. The summed E-state index contributed by atoms with van der Waals surface area (Å²) in [5, 5.41) is 0. The lowest BCUT2D eigenvalue weighted by Gasteiger charge is -2.21. The first kappa shape index (κ1) is 15.5. The minimum atomic E-state index is -0.195. The summed E-state index contributed by atoms with van der Waals surface area (Å²) in [4.78, 5) is 3.50. The third kappa shape index (κ3) is 3.88. The van der Waals surface area contributed by atoms with Crippen LogP contribution in [0.2, 0.25) is 0 Å². The van der Waals surface area contributed by atoms with Crippen molar-refractivity contribution in [3.05, 3.63) is 95.6 Å². The second-order valence-corrected chi connectivity index (χ2v) is 6.16. The molecule has 1 aliphatic heterocycles. The molecule has 0 radical (unpaired) electrons. The van der Waals surface area contributed by atoms with Crippen LogP contribution in [0.3, 0.4) is 0 Å². The van der Waals surface area contributed by atoms with Crippen molar-refractivity contribution in [3.63, 3.8) is 0 Å². The molecule has 1 heterocycles. The molecule has 0 saturated carbocycles. The number of hydrogen-bond donors (Lipinski definition) is 1. The Bertz CT molecular complexity index is 674. The van der Waals surface area contributed by atoms with Crippen molar-refractivity contribution in [2.45, 2.75) is 12.6 Å². The molecule has 1 aromatic rings. The highest BCUT2D eigenvalue weighted by Crippen LogP contribution is 2.20. The summed E-state index contributed by atoms with van der Waals surface area (Å²) in [5.41, 5.74) is 3.53. The van der Waals surface area contributed by atoms with Crippen LogP contribution in [-0.2, 0) is 6.54 Å². The summed E-state index contributed by atoms with van der Waals surface area (Å²) in [5.74, 6) is -0.195. The van der Waals surface area contributed by atoms with Gasteiger partial charge in [0, 0.05) is 18.9 Å². The van der Waals surface area contributed by atoms with Crippen LogP contribution in [0.25, 0.3) is 0 Å². The van der Waals surface area contributed by atoms with Gasteiger partial charge >= 0.3 is 0 Å². The molecule has 3 rings (SSSR count). The Hall–Kier alpha value is -2.39. The fourth-order valence-corrected chi connectivity index (χ4v) is 2.67. The van der Waals surface area contributed by atoms with Crippen molar-refractivity contribution < 1.29 is 9.29 Å². The van der Waals surface area contributed by atoms with E-state index in [1.165, 1.54) is 28.2 Å². The first-order chi connectivity index (χ1) is 11.1. The fraction of sp³-hybridized carbons (Fsp3) is 0.200. The average molecular weight is 309 g/mol. The molecule has 1 aromatic carbocycles. The zero-order valence-electron chi connectivity index (χ0n) is 13.5. The minimum absolute atomic E-state index is 0.195. The van der Waals surface area contributed by atoms with Gasteiger partial charge in [0.1, 0.15) is 11.9 Å². The summed E-state index contributed by atoms with van der Waals surface area (Å²) < 4.78 is 12.9. The van der Waals surface area contributed by atoms with E-state index in [4.69, 9.17) is 0 Å². The highest BCUT2D eigenvalue weighted by molar-refractivity contribution is 5.50. The van der Waals surface area contributed by atoms with Gasteiger partial charge in [-0.2, -0.15) is 0 Å². The van der Waals surface area contributed by atoms with Crippen molar-refractivity contribution in [1.82, 2.24) is 4.90 Å². The molecule has 1 aliphatic carbocycles. The van der Waals surface area contributed by atoms with Crippen LogP contribution in [0.1, 0.15) is 5.56 Å². The second-order valence-electron chi connectivity index (χ2n) is 6.16. The van der Waals surface area contributed by atoms with Crippen molar-refractivity contribution in [3.8, 4) is 0 Å². The molecule has 3 heteroatoms. The van der Waals surface area contributed by atoms with Crippen LogP contribution < -0.4 is 4.90 Å². The Labute approximate surface area is 137 Å². The normalized spacial score (nSPS) is 20.0. The molecule has 0 bridgehead atoms. The van der Waals surface area contributed by atoms with E-state index in [0.717, 1.165) is 12.1 Å². The maximum absolute atomic E-state index is 12.9. The van der Waals surface area contributed by atoms with Crippen LogP contribution in [-0.4, -0.2) is 25.0 Å². The van der Waals surface area contributed by atoms with E-state index in [1.807, 2.05) is 12.1 Å². The summed E-state index contributed by atoms with van der Waals surface area (Å²) in [6.07, 6.45) is 17.2. The summed E-state index contributed by atoms with van der Waals surface area (Å²) in [6, 6.07) is 7.09. The number of likely N-dealkylation sites (N-methyl/N-ethyl adjacent to an activating group) is 1. The lowest BCUT2D eigenvalue weighted by atomic mass is 9.99. The van der Waals surface area contributed by atoms with Gasteiger partial charge in [0.2, 0.25) is 0 Å². The molecule has 0 spiro atoms. The number of nitrogens with one attached hydrogen (secondary N) is 1. The molecule has 0 amide bonds. The lowest BCUT2D eigenvalue weighted by molar-refractivity contribution is -0.871. The fourth-order valence-electron chi connectivity index (χ4n) is 2.67. The molecule has 23 heavy (non-hydrogen) atoms. The predicted molar refractivity (Wildman–Crippen MR) is 92.1 cm³/mol. The van der Waals surface area contributed by atoms with E-state index in [2.05, 4.69) is 67.9 Å².